The maximum Gasteiger partial charge on any atom is 0.0991 e. The van der Waals surface area contributed by atoms with E-state index in [2.05, 4.69) is 6.07 Å². The van der Waals surface area contributed by atoms with Crippen molar-refractivity contribution in [2.45, 2.75) is 6.92 Å². The van der Waals surface area contributed by atoms with E-state index in [0.29, 0.717) is 5.56 Å². The van der Waals surface area contributed by atoms with Gasteiger partial charge in [-0.25, -0.2) is 0 Å². The number of nitrogens with zero attached hydrogens (tertiary/aromatic N) is 1. The Bertz CT molecular complexity index is 505. The fourth-order valence-corrected chi connectivity index (χ4v) is 2.27. The molecule has 0 saturated carbocycles. The van der Waals surface area contributed by atoms with Crippen LogP contribution in [0.5, 0.6) is 0 Å². The van der Waals surface area contributed by atoms with E-state index in [-0.39, 0.29) is 0 Å². The van der Waals surface area contributed by atoms with Gasteiger partial charge < -0.3 is 5.73 Å². The second kappa shape index (κ2) is 2.75. The lowest BCUT2D eigenvalue weighted by molar-refractivity contribution is 1.49. The van der Waals surface area contributed by atoms with Crippen molar-refractivity contribution in [1.29, 1.82) is 5.26 Å². The highest BCUT2D eigenvalue weighted by Crippen LogP contribution is 2.32. The van der Waals surface area contributed by atoms with Gasteiger partial charge in [-0.3, -0.25) is 0 Å². The van der Waals surface area contributed by atoms with Crippen molar-refractivity contribution in [2.75, 3.05) is 5.73 Å². The Balaban J connectivity index is 2.84. The van der Waals surface area contributed by atoms with Crippen molar-refractivity contribution < 1.29 is 0 Å². The van der Waals surface area contributed by atoms with Crippen molar-refractivity contribution in [1.82, 2.24) is 0 Å². The van der Waals surface area contributed by atoms with Crippen LogP contribution in [-0.4, -0.2) is 0 Å². The maximum absolute atomic E-state index is 8.72. The van der Waals surface area contributed by atoms with Crippen LogP contribution in [0.1, 0.15) is 11.1 Å². The molecule has 1 aromatic heterocycles. The van der Waals surface area contributed by atoms with Crippen LogP contribution in [0.15, 0.2) is 18.2 Å². The summed E-state index contributed by atoms with van der Waals surface area (Å²) < 4.78 is 1.15. The summed E-state index contributed by atoms with van der Waals surface area (Å²) in [4.78, 5) is 0. The minimum Gasteiger partial charge on any atom is -0.390 e. The lowest BCUT2D eigenvalue weighted by Gasteiger charge is -1.91. The molecule has 0 saturated heterocycles. The zero-order valence-electron chi connectivity index (χ0n) is 7.16. The predicted octanol–water partition coefficient (Wildman–Crippen LogP) is 2.66. The highest BCUT2D eigenvalue weighted by Gasteiger charge is 2.05. The van der Waals surface area contributed by atoms with E-state index < -0.39 is 0 Å². The number of nitrogen functional groups attached to an aromatic ring is 1. The third-order valence-electron chi connectivity index (χ3n) is 2.10. The van der Waals surface area contributed by atoms with Gasteiger partial charge >= 0.3 is 0 Å². The SMILES string of the molecule is Cc1c(N)sc2ccc(C#N)cc12. The van der Waals surface area contributed by atoms with Crippen LogP contribution in [0.3, 0.4) is 0 Å². The first-order valence-corrected chi connectivity index (χ1v) is 4.73. The van der Waals surface area contributed by atoms with Gasteiger partial charge in [0.2, 0.25) is 0 Å². The van der Waals surface area contributed by atoms with Crippen molar-refractivity contribution in [2.24, 2.45) is 0 Å². The Labute approximate surface area is 80.2 Å². The molecule has 0 aliphatic rings. The van der Waals surface area contributed by atoms with E-state index in [1.807, 2.05) is 25.1 Å². The minimum absolute atomic E-state index is 0.688. The van der Waals surface area contributed by atoms with Gasteiger partial charge in [0.15, 0.2) is 0 Å². The Morgan fingerprint density at radius 3 is 2.92 bits per heavy atom. The summed E-state index contributed by atoms with van der Waals surface area (Å²) in [7, 11) is 0. The number of nitriles is 1. The highest BCUT2D eigenvalue weighted by atomic mass is 32.1. The fraction of sp³-hybridized carbons (Fsp3) is 0.100. The van der Waals surface area contributed by atoms with E-state index in [1.54, 1.807) is 11.3 Å². The molecular weight excluding hydrogens is 180 g/mol. The smallest absolute Gasteiger partial charge is 0.0991 e. The summed E-state index contributed by atoms with van der Waals surface area (Å²) >= 11 is 1.57. The zero-order chi connectivity index (χ0) is 9.42. The molecule has 0 bridgehead atoms. The molecule has 0 spiro atoms. The molecule has 2 nitrogen and oxygen atoms in total. The van der Waals surface area contributed by atoms with Crippen molar-refractivity contribution in [3.8, 4) is 6.07 Å². The van der Waals surface area contributed by atoms with Gasteiger partial charge in [0, 0.05) is 4.70 Å². The number of aryl methyl sites for hydroxylation is 1. The Morgan fingerprint density at radius 2 is 2.23 bits per heavy atom. The molecule has 0 aliphatic heterocycles. The van der Waals surface area contributed by atoms with Crippen LogP contribution in [0.2, 0.25) is 0 Å². The first-order chi connectivity index (χ1) is 6.22. The largest absolute Gasteiger partial charge is 0.390 e. The summed E-state index contributed by atoms with van der Waals surface area (Å²) in [6.07, 6.45) is 0. The first kappa shape index (κ1) is 8.09. The number of hydrogen-bond donors (Lipinski definition) is 1. The molecule has 64 valence electrons. The molecule has 0 amide bonds. The van der Waals surface area contributed by atoms with Crippen molar-refractivity contribution >= 4 is 26.4 Å². The van der Waals surface area contributed by atoms with Crippen LogP contribution in [0.4, 0.5) is 5.00 Å². The Hall–Kier alpha value is -1.53. The quantitative estimate of drug-likeness (QED) is 0.691. The Kier molecular flexibility index (Phi) is 1.71. The van der Waals surface area contributed by atoms with Gasteiger partial charge in [0.05, 0.1) is 16.6 Å². The van der Waals surface area contributed by atoms with E-state index in [9.17, 15) is 0 Å². The molecule has 0 aliphatic carbocycles. The van der Waals surface area contributed by atoms with Crippen molar-refractivity contribution in [3.63, 3.8) is 0 Å². The number of hydrogen-bond acceptors (Lipinski definition) is 3. The molecule has 3 heteroatoms. The Morgan fingerprint density at radius 1 is 1.46 bits per heavy atom. The van der Waals surface area contributed by atoms with Crippen molar-refractivity contribution in [3.05, 3.63) is 29.3 Å². The van der Waals surface area contributed by atoms with Gasteiger partial charge in [0.25, 0.3) is 0 Å². The van der Waals surface area contributed by atoms with E-state index in [0.717, 1.165) is 20.7 Å². The van der Waals surface area contributed by atoms with Gasteiger partial charge in [-0.2, -0.15) is 5.26 Å². The molecule has 0 fully saturated rings. The van der Waals surface area contributed by atoms with E-state index in [1.165, 1.54) is 0 Å². The fourth-order valence-electron chi connectivity index (χ4n) is 1.31. The number of benzene rings is 1. The van der Waals surface area contributed by atoms with Gasteiger partial charge in [0.1, 0.15) is 0 Å². The maximum atomic E-state index is 8.72. The van der Waals surface area contributed by atoms with E-state index in [4.69, 9.17) is 11.0 Å². The first-order valence-electron chi connectivity index (χ1n) is 3.91. The molecule has 13 heavy (non-hydrogen) atoms. The third kappa shape index (κ3) is 1.16. The topological polar surface area (TPSA) is 49.8 Å². The normalized spacial score (nSPS) is 10.2. The molecule has 0 unspecified atom stereocenters. The number of thiophene rings is 1. The van der Waals surface area contributed by atoms with Gasteiger partial charge in [-0.1, -0.05) is 0 Å². The average Bonchev–Trinajstić information content (AvgIpc) is 2.43. The highest BCUT2D eigenvalue weighted by molar-refractivity contribution is 7.22. The molecular formula is C10H8N2S. The average molecular weight is 188 g/mol. The third-order valence-corrected chi connectivity index (χ3v) is 3.20. The second-order valence-electron chi connectivity index (χ2n) is 2.91. The van der Waals surface area contributed by atoms with Crippen LogP contribution in [-0.2, 0) is 0 Å². The second-order valence-corrected chi connectivity index (χ2v) is 4.00. The predicted molar refractivity (Wildman–Crippen MR) is 55.7 cm³/mol. The number of anilines is 1. The van der Waals surface area contributed by atoms with Gasteiger partial charge in [-0.15, -0.1) is 11.3 Å². The molecule has 2 rings (SSSR count). The monoisotopic (exact) mass is 188 g/mol. The van der Waals surface area contributed by atoms with Crippen LogP contribution in [0, 0.1) is 18.3 Å². The lowest BCUT2D eigenvalue weighted by atomic mass is 10.1. The lowest BCUT2D eigenvalue weighted by Crippen LogP contribution is -1.80. The number of rotatable bonds is 0. The standard InChI is InChI=1S/C10H8N2S/c1-6-8-4-7(5-11)2-3-9(8)13-10(6)12/h2-4H,12H2,1H3. The number of fused-ring (bicyclic) bond motifs is 1. The zero-order valence-corrected chi connectivity index (χ0v) is 7.98. The molecule has 1 aromatic carbocycles. The van der Waals surface area contributed by atoms with Crippen LogP contribution >= 0.6 is 11.3 Å². The summed E-state index contributed by atoms with van der Waals surface area (Å²) in [5.74, 6) is 0. The molecule has 1 heterocycles. The molecule has 0 radical (unpaired) electrons. The molecule has 2 N–H and O–H groups in total. The summed E-state index contributed by atoms with van der Waals surface area (Å²) in [6, 6.07) is 7.77. The van der Waals surface area contributed by atoms with Crippen LogP contribution < -0.4 is 5.73 Å². The number of nitrogens with two attached hydrogens (primary N) is 1. The van der Waals surface area contributed by atoms with Crippen LogP contribution in [0.25, 0.3) is 10.1 Å². The minimum atomic E-state index is 0.688. The molecule has 0 atom stereocenters. The molecule has 2 aromatic rings. The summed E-state index contributed by atoms with van der Waals surface area (Å²) in [6.45, 7) is 1.98. The van der Waals surface area contributed by atoms with E-state index >= 15 is 0 Å². The van der Waals surface area contributed by atoms with Gasteiger partial charge in [-0.05, 0) is 36.1 Å². The summed E-state index contributed by atoms with van der Waals surface area (Å²) in [5, 5.41) is 10.7. The summed E-state index contributed by atoms with van der Waals surface area (Å²) in [5.41, 5.74) is 7.55.